The molecule has 0 atom stereocenters. The van der Waals surface area contributed by atoms with E-state index in [1.165, 1.54) is 6.20 Å². The summed E-state index contributed by atoms with van der Waals surface area (Å²) in [7, 11) is 0. The van der Waals surface area contributed by atoms with Crippen molar-refractivity contribution < 1.29 is 4.79 Å². The molecule has 19 heavy (non-hydrogen) atoms. The molecule has 1 amide bonds. The molecule has 0 unspecified atom stereocenters. The molecule has 6 heteroatoms. The van der Waals surface area contributed by atoms with Crippen LogP contribution in [0, 0.1) is 0 Å². The van der Waals surface area contributed by atoms with Crippen LogP contribution in [0.3, 0.4) is 0 Å². The van der Waals surface area contributed by atoms with Crippen LogP contribution in [0.2, 0.25) is 5.15 Å². The molecule has 1 aromatic carbocycles. The first kappa shape index (κ1) is 12.7. The first-order chi connectivity index (χ1) is 9.15. The van der Waals surface area contributed by atoms with Gasteiger partial charge in [-0.3, -0.25) is 4.79 Å². The summed E-state index contributed by atoms with van der Waals surface area (Å²) in [5.41, 5.74) is 1.22. The lowest BCUT2D eigenvalue weighted by molar-refractivity contribution is 0.0951. The van der Waals surface area contributed by atoms with Crippen molar-refractivity contribution in [2.75, 3.05) is 0 Å². The number of halogens is 2. The van der Waals surface area contributed by atoms with Gasteiger partial charge in [0, 0.05) is 10.5 Å². The van der Waals surface area contributed by atoms with Crippen LogP contribution in [0.4, 0.5) is 0 Å². The second kappa shape index (κ2) is 4.98. The molecule has 1 saturated carbocycles. The Morgan fingerprint density at radius 3 is 2.95 bits per heavy atom. The molecule has 0 saturated heterocycles. The third-order valence-corrected chi connectivity index (χ3v) is 3.78. The van der Waals surface area contributed by atoms with Crippen molar-refractivity contribution in [1.82, 2.24) is 15.1 Å². The Labute approximate surface area is 123 Å². The first-order valence-electron chi connectivity index (χ1n) is 5.95. The number of benzene rings is 1. The van der Waals surface area contributed by atoms with Gasteiger partial charge in [0.15, 0.2) is 0 Å². The van der Waals surface area contributed by atoms with Gasteiger partial charge in [-0.2, -0.15) is 5.10 Å². The summed E-state index contributed by atoms with van der Waals surface area (Å²) in [5.74, 6) is -0.159. The highest BCUT2D eigenvalue weighted by molar-refractivity contribution is 9.10. The van der Waals surface area contributed by atoms with E-state index >= 15 is 0 Å². The largest absolute Gasteiger partial charge is 0.349 e. The zero-order chi connectivity index (χ0) is 13.4. The van der Waals surface area contributed by atoms with Gasteiger partial charge in [-0.05, 0) is 31.0 Å². The van der Waals surface area contributed by atoms with Gasteiger partial charge in [0.2, 0.25) is 0 Å². The van der Waals surface area contributed by atoms with Gasteiger partial charge < -0.3 is 5.32 Å². The average molecular weight is 341 g/mol. The van der Waals surface area contributed by atoms with E-state index in [1.807, 2.05) is 24.3 Å². The Kier molecular flexibility index (Phi) is 3.33. The van der Waals surface area contributed by atoms with Crippen molar-refractivity contribution in [3.8, 4) is 5.69 Å². The maximum absolute atomic E-state index is 12.0. The number of aromatic nitrogens is 2. The maximum atomic E-state index is 12.0. The Hall–Kier alpha value is -1.33. The van der Waals surface area contributed by atoms with Gasteiger partial charge in [0.25, 0.3) is 5.91 Å². The van der Waals surface area contributed by atoms with Crippen LogP contribution in [0.25, 0.3) is 5.69 Å². The number of rotatable bonds is 3. The van der Waals surface area contributed by atoms with E-state index in [2.05, 4.69) is 26.3 Å². The summed E-state index contributed by atoms with van der Waals surface area (Å²) in [5, 5.41) is 7.41. The van der Waals surface area contributed by atoms with E-state index in [4.69, 9.17) is 11.6 Å². The zero-order valence-electron chi connectivity index (χ0n) is 9.94. The molecule has 1 aromatic heterocycles. The summed E-state index contributed by atoms with van der Waals surface area (Å²) < 4.78 is 2.48. The molecule has 3 rings (SSSR count). The molecule has 1 aliphatic rings. The molecule has 0 bridgehead atoms. The molecule has 4 nitrogen and oxygen atoms in total. The van der Waals surface area contributed by atoms with Crippen LogP contribution in [-0.4, -0.2) is 21.7 Å². The van der Waals surface area contributed by atoms with Crippen LogP contribution >= 0.6 is 27.5 Å². The fourth-order valence-corrected chi connectivity index (χ4v) is 2.43. The number of carbonyl (C=O) groups is 1. The van der Waals surface area contributed by atoms with Crippen molar-refractivity contribution >= 4 is 33.4 Å². The average Bonchev–Trinajstić information content (AvgIpc) is 3.10. The maximum Gasteiger partial charge on any atom is 0.256 e. The summed E-state index contributed by atoms with van der Waals surface area (Å²) in [4.78, 5) is 12.0. The van der Waals surface area contributed by atoms with E-state index in [0.29, 0.717) is 16.8 Å². The van der Waals surface area contributed by atoms with Gasteiger partial charge in [-0.15, -0.1) is 0 Å². The third-order valence-electron chi connectivity index (χ3n) is 2.92. The summed E-state index contributed by atoms with van der Waals surface area (Å²) in [6.07, 6.45) is 3.59. The van der Waals surface area contributed by atoms with Crippen LogP contribution in [0.5, 0.6) is 0 Å². The molecule has 1 N–H and O–H groups in total. The quantitative estimate of drug-likeness (QED) is 0.933. The fraction of sp³-hybridized carbons (Fsp3) is 0.231. The number of hydrogen-bond donors (Lipinski definition) is 1. The predicted molar refractivity (Wildman–Crippen MR) is 76.8 cm³/mol. The minimum Gasteiger partial charge on any atom is -0.349 e. The van der Waals surface area contributed by atoms with Crippen molar-refractivity contribution in [2.45, 2.75) is 18.9 Å². The molecule has 0 aliphatic heterocycles. The van der Waals surface area contributed by atoms with Crippen molar-refractivity contribution in [1.29, 1.82) is 0 Å². The van der Waals surface area contributed by atoms with Gasteiger partial charge in [-0.25, -0.2) is 4.68 Å². The highest BCUT2D eigenvalue weighted by atomic mass is 79.9. The minimum atomic E-state index is -0.159. The SMILES string of the molecule is O=C(NC1CC1)c1cnn(-c2cccc(Br)c2)c1Cl. The highest BCUT2D eigenvalue weighted by Crippen LogP contribution is 2.24. The third kappa shape index (κ3) is 2.67. The lowest BCUT2D eigenvalue weighted by atomic mass is 10.3. The standard InChI is InChI=1S/C13H11BrClN3O/c14-8-2-1-3-10(6-8)18-12(15)11(7-16-18)13(19)17-9-4-5-9/h1-3,6-7,9H,4-5H2,(H,17,19). The van der Waals surface area contributed by atoms with E-state index < -0.39 is 0 Å². The Balaban J connectivity index is 1.91. The molecule has 0 radical (unpaired) electrons. The van der Waals surface area contributed by atoms with Crippen molar-refractivity contribution in [2.24, 2.45) is 0 Å². The van der Waals surface area contributed by atoms with E-state index in [9.17, 15) is 4.79 Å². The van der Waals surface area contributed by atoms with Crippen LogP contribution in [0.15, 0.2) is 34.9 Å². The molecule has 98 valence electrons. The molecule has 0 spiro atoms. The second-order valence-electron chi connectivity index (χ2n) is 4.49. The summed E-state index contributed by atoms with van der Waals surface area (Å²) in [6.45, 7) is 0. The smallest absolute Gasteiger partial charge is 0.256 e. The number of amides is 1. The van der Waals surface area contributed by atoms with E-state index in [-0.39, 0.29) is 5.91 Å². The van der Waals surface area contributed by atoms with E-state index in [0.717, 1.165) is 23.0 Å². The predicted octanol–water partition coefficient (Wildman–Crippen LogP) is 3.18. The normalized spacial score (nSPS) is 14.4. The lowest BCUT2D eigenvalue weighted by Crippen LogP contribution is -2.25. The van der Waals surface area contributed by atoms with Crippen LogP contribution in [-0.2, 0) is 0 Å². The molecule has 2 aromatic rings. The van der Waals surface area contributed by atoms with Crippen molar-refractivity contribution in [3.63, 3.8) is 0 Å². The molecule has 1 heterocycles. The van der Waals surface area contributed by atoms with Gasteiger partial charge in [0.1, 0.15) is 5.15 Å². The topological polar surface area (TPSA) is 46.9 Å². The molecule has 1 fully saturated rings. The fourth-order valence-electron chi connectivity index (χ4n) is 1.76. The monoisotopic (exact) mass is 339 g/mol. The molecular formula is C13H11BrClN3O. The molecular weight excluding hydrogens is 330 g/mol. The second-order valence-corrected chi connectivity index (χ2v) is 5.76. The minimum absolute atomic E-state index is 0.159. The zero-order valence-corrected chi connectivity index (χ0v) is 12.3. The van der Waals surface area contributed by atoms with E-state index in [1.54, 1.807) is 4.68 Å². The van der Waals surface area contributed by atoms with Gasteiger partial charge >= 0.3 is 0 Å². The van der Waals surface area contributed by atoms with Crippen molar-refractivity contribution in [3.05, 3.63) is 45.7 Å². The summed E-state index contributed by atoms with van der Waals surface area (Å²) >= 11 is 9.63. The van der Waals surface area contributed by atoms with Gasteiger partial charge in [0.05, 0.1) is 17.4 Å². The number of nitrogens with zero attached hydrogens (tertiary/aromatic N) is 2. The Morgan fingerprint density at radius 2 is 2.26 bits per heavy atom. The Bertz CT molecular complexity index is 637. The number of carbonyl (C=O) groups excluding carboxylic acids is 1. The number of nitrogens with one attached hydrogen (secondary N) is 1. The first-order valence-corrected chi connectivity index (χ1v) is 7.12. The lowest BCUT2D eigenvalue weighted by Gasteiger charge is -2.04. The number of hydrogen-bond acceptors (Lipinski definition) is 2. The highest BCUT2D eigenvalue weighted by Gasteiger charge is 2.26. The molecule has 1 aliphatic carbocycles. The van der Waals surface area contributed by atoms with Crippen LogP contribution in [0.1, 0.15) is 23.2 Å². The summed E-state index contributed by atoms with van der Waals surface area (Å²) in [6, 6.07) is 7.88. The Morgan fingerprint density at radius 1 is 1.47 bits per heavy atom. The van der Waals surface area contributed by atoms with Crippen LogP contribution < -0.4 is 5.32 Å². The van der Waals surface area contributed by atoms with Gasteiger partial charge in [-0.1, -0.05) is 33.6 Å².